The van der Waals surface area contributed by atoms with E-state index in [0.29, 0.717) is 0 Å². The van der Waals surface area contributed by atoms with Gasteiger partial charge in [0.2, 0.25) is 0 Å². The molecule has 0 aromatic heterocycles. The minimum absolute atomic E-state index is 0.0306. The fraction of sp³-hybridized carbons (Fsp3) is 0.417. The van der Waals surface area contributed by atoms with Gasteiger partial charge in [0.25, 0.3) is 0 Å². The van der Waals surface area contributed by atoms with Gasteiger partial charge < -0.3 is 4.90 Å². The lowest BCUT2D eigenvalue weighted by atomic mass is 10.3. The second kappa shape index (κ2) is 5.39. The number of carbonyl (C=O) groups excluding carboxylic acids is 1. The summed E-state index contributed by atoms with van der Waals surface area (Å²) in [7, 11) is 3.62. The second-order valence-electron chi connectivity index (χ2n) is 3.60. The minimum Gasteiger partial charge on any atom is -0.327 e. The maximum Gasteiger partial charge on any atom is 0.323 e. The molecule has 15 heavy (non-hydrogen) atoms. The molecule has 82 valence electrons. The highest BCUT2D eigenvalue weighted by Crippen LogP contribution is 2.12. The number of benzene rings is 1. The van der Waals surface area contributed by atoms with Crippen molar-refractivity contribution in [2.45, 2.75) is 13.3 Å². The highest BCUT2D eigenvalue weighted by atomic mass is 16.2. The molecule has 0 unspecified atom stereocenters. The molecular weight excluding hydrogens is 188 g/mol. The van der Waals surface area contributed by atoms with Crippen LogP contribution in [-0.2, 0) is 0 Å². The third kappa shape index (κ3) is 2.98. The van der Waals surface area contributed by atoms with E-state index in [1.165, 1.54) is 0 Å². The second-order valence-corrected chi connectivity index (χ2v) is 3.60. The van der Waals surface area contributed by atoms with Crippen LogP contribution in [0.5, 0.6) is 0 Å². The Balaban J connectivity index is 2.69. The van der Waals surface area contributed by atoms with Crippen LogP contribution in [0.25, 0.3) is 0 Å². The van der Waals surface area contributed by atoms with Crippen molar-refractivity contribution >= 4 is 11.7 Å². The van der Waals surface area contributed by atoms with E-state index >= 15 is 0 Å². The van der Waals surface area contributed by atoms with Crippen molar-refractivity contribution in [2.24, 2.45) is 0 Å². The van der Waals surface area contributed by atoms with Gasteiger partial charge in [0.1, 0.15) is 0 Å². The number of rotatable bonds is 3. The van der Waals surface area contributed by atoms with Gasteiger partial charge in [-0.2, -0.15) is 0 Å². The van der Waals surface area contributed by atoms with Crippen molar-refractivity contribution in [3.05, 3.63) is 30.3 Å². The SMILES string of the molecule is CCCN(C)C(=O)N(C)c1ccccc1. The third-order valence-electron chi connectivity index (χ3n) is 2.32. The van der Waals surface area contributed by atoms with E-state index in [0.717, 1.165) is 18.7 Å². The number of nitrogens with zero attached hydrogens (tertiary/aromatic N) is 2. The number of hydrogen-bond acceptors (Lipinski definition) is 1. The highest BCUT2D eigenvalue weighted by molar-refractivity contribution is 5.91. The number of hydrogen-bond donors (Lipinski definition) is 0. The summed E-state index contributed by atoms with van der Waals surface area (Å²) in [5, 5.41) is 0. The lowest BCUT2D eigenvalue weighted by Crippen LogP contribution is -2.39. The zero-order valence-electron chi connectivity index (χ0n) is 9.60. The van der Waals surface area contributed by atoms with Gasteiger partial charge in [-0.3, -0.25) is 4.90 Å². The van der Waals surface area contributed by atoms with Crippen molar-refractivity contribution in [3.8, 4) is 0 Å². The van der Waals surface area contributed by atoms with Gasteiger partial charge in [0.15, 0.2) is 0 Å². The first-order valence-electron chi connectivity index (χ1n) is 5.20. The molecular formula is C12H18N2O. The van der Waals surface area contributed by atoms with Crippen LogP contribution in [0, 0.1) is 0 Å². The van der Waals surface area contributed by atoms with Gasteiger partial charge in [0, 0.05) is 26.3 Å². The van der Waals surface area contributed by atoms with Crippen molar-refractivity contribution in [2.75, 3.05) is 25.5 Å². The molecule has 0 aliphatic rings. The van der Waals surface area contributed by atoms with Crippen molar-refractivity contribution in [3.63, 3.8) is 0 Å². The van der Waals surface area contributed by atoms with Crippen molar-refractivity contribution < 1.29 is 4.79 Å². The van der Waals surface area contributed by atoms with E-state index < -0.39 is 0 Å². The zero-order valence-corrected chi connectivity index (χ0v) is 9.60. The fourth-order valence-corrected chi connectivity index (χ4v) is 1.45. The molecule has 0 spiro atoms. The maximum absolute atomic E-state index is 11.9. The van der Waals surface area contributed by atoms with E-state index in [1.807, 2.05) is 37.4 Å². The first kappa shape index (κ1) is 11.6. The standard InChI is InChI=1S/C12H18N2O/c1-4-10-13(2)12(15)14(3)11-8-6-5-7-9-11/h5-9H,4,10H2,1-3H3. The van der Waals surface area contributed by atoms with Crippen molar-refractivity contribution in [1.82, 2.24) is 4.90 Å². The topological polar surface area (TPSA) is 23.6 Å². The average Bonchev–Trinajstić information content (AvgIpc) is 2.28. The number of carbonyl (C=O) groups is 1. The van der Waals surface area contributed by atoms with Crippen LogP contribution in [0.15, 0.2) is 30.3 Å². The Labute approximate surface area is 91.3 Å². The smallest absolute Gasteiger partial charge is 0.323 e. The maximum atomic E-state index is 11.9. The molecule has 3 heteroatoms. The molecule has 3 nitrogen and oxygen atoms in total. The molecule has 0 N–H and O–H groups in total. The molecule has 1 aromatic rings. The van der Waals surface area contributed by atoms with Gasteiger partial charge in [-0.15, -0.1) is 0 Å². The summed E-state index contributed by atoms with van der Waals surface area (Å²) in [5.41, 5.74) is 0.922. The minimum atomic E-state index is 0.0306. The Hall–Kier alpha value is -1.51. The van der Waals surface area contributed by atoms with Crippen LogP contribution < -0.4 is 4.90 Å². The van der Waals surface area contributed by atoms with Gasteiger partial charge >= 0.3 is 6.03 Å². The molecule has 0 atom stereocenters. The molecule has 0 aliphatic carbocycles. The average molecular weight is 206 g/mol. The van der Waals surface area contributed by atoms with Crippen LogP contribution in [0.3, 0.4) is 0 Å². The molecule has 0 saturated carbocycles. The lowest BCUT2D eigenvalue weighted by Gasteiger charge is -2.24. The molecule has 1 rings (SSSR count). The summed E-state index contributed by atoms with van der Waals surface area (Å²) in [6.45, 7) is 2.85. The molecule has 0 aliphatic heterocycles. The lowest BCUT2D eigenvalue weighted by molar-refractivity contribution is 0.217. The number of amides is 2. The fourth-order valence-electron chi connectivity index (χ4n) is 1.45. The molecule has 2 amide bonds. The summed E-state index contributed by atoms with van der Waals surface area (Å²) >= 11 is 0. The van der Waals surface area contributed by atoms with Crippen LogP contribution in [0.1, 0.15) is 13.3 Å². The zero-order chi connectivity index (χ0) is 11.3. The van der Waals surface area contributed by atoms with Crippen LogP contribution in [0.4, 0.5) is 10.5 Å². The Morgan fingerprint density at radius 2 is 1.80 bits per heavy atom. The first-order chi connectivity index (χ1) is 7.16. The van der Waals surface area contributed by atoms with E-state index in [-0.39, 0.29) is 6.03 Å². The van der Waals surface area contributed by atoms with Gasteiger partial charge in [0.05, 0.1) is 0 Å². The van der Waals surface area contributed by atoms with Gasteiger partial charge in [-0.25, -0.2) is 4.79 Å². The molecule has 0 heterocycles. The van der Waals surface area contributed by atoms with Crippen LogP contribution >= 0.6 is 0 Å². The van der Waals surface area contributed by atoms with Gasteiger partial charge in [-0.1, -0.05) is 25.1 Å². The molecule has 0 bridgehead atoms. The van der Waals surface area contributed by atoms with Crippen LogP contribution in [-0.4, -0.2) is 31.6 Å². The van der Waals surface area contributed by atoms with E-state index in [4.69, 9.17) is 0 Å². The Morgan fingerprint density at radius 1 is 1.20 bits per heavy atom. The van der Waals surface area contributed by atoms with E-state index in [2.05, 4.69) is 6.92 Å². The predicted octanol–water partition coefficient (Wildman–Crippen LogP) is 2.58. The quantitative estimate of drug-likeness (QED) is 0.745. The molecule has 1 aromatic carbocycles. The highest BCUT2D eigenvalue weighted by Gasteiger charge is 2.13. The van der Waals surface area contributed by atoms with E-state index in [9.17, 15) is 4.79 Å². The summed E-state index contributed by atoms with van der Waals surface area (Å²) in [6.07, 6.45) is 0.977. The summed E-state index contributed by atoms with van der Waals surface area (Å²) in [5.74, 6) is 0. The monoisotopic (exact) mass is 206 g/mol. The molecule has 0 radical (unpaired) electrons. The number of anilines is 1. The summed E-state index contributed by atoms with van der Waals surface area (Å²) in [6, 6.07) is 9.69. The van der Waals surface area contributed by atoms with Crippen LogP contribution in [0.2, 0.25) is 0 Å². The number of urea groups is 1. The Morgan fingerprint density at radius 3 is 2.33 bits per heavy atom. The van der Waals surface area contributed by atoms with Gasteiger partial charge in [-0.05, 0) is 18.6 Å². The normalized spacial score (nSPS) is 9.80. The third-order valence-corrected chi connectivity index (χ3v) is 2.32. The summed E-state index contributed by atoms with van der Waals surface area (Å²) in [4.78, 5) is 15.3. The summed E-state index contributed by atoms with van der Waals surface area (Å²) < 4.78 is 0. The van der Waals surface area contributed by atoms with E-state index in [1.54, 1.807) is 16.8 Å². The predicted molar refractivity (Wildman–Crippen MR) is 63.2 cm³/mol. The Kier molecular flexibility index (Phi) is 4.16. The first-order valence-corrected chi connectivity index (χ1v) is 5.20. The number of para-hydroxylation sites is 1. The van der Waals surface area contributed by atoms with Crippen molar-refractivity contribution in [1.29, 1.82) is 0 Å². The largest absolute Gasteiger partial charge is 0.327 e. The molecule has 0 saturated heterocycles. The molecule has 0 fully saturated rings. The Bertz CT molecular complexity index is 311.